The highest BCUT2D eigenvalue weighted by molar-refractivity contribution is 7.14. The van der Waals surface area contributed by atoms with Crippen LogP contribution >= 0.6 is 22.7 Å². The molecule has 1 amide bonds. The standard InChI is InChI=1S/C15H10N4O2S2/c1-8-12-9(13(20)18-15-16-4-6-23-15)7-10(11-3-2-5-22-11)17-14(12)21-19-8/h2-7H,1H3,(H,16,18,20). The van der Waals surface area contributed by atoms with Gasteiger partial charge in [0.2, 0.25) is 0 Å². The maximum atomic E-state index is 12.7. The summed E-state index contributed by atoms with van der Waals surface area (Å²) in [5, 5.41) is 11.7. The molecule has 0 aliphatic heterocycles. The summed E-state index contributed by atoms with van der Waals surface area (Å²) in [6.07, 6.45) is 1.64. The zero-order chi connectivity index (χ0) is 15.8. The highest BCUT2D eigenvalue weighted by Gasteiger charge is 2.20. The van der Waals surface area contributed by atoms with Gasteiger partial charge in [0.05, 0.1) is 27.2 Å². The number of amides is 1. The highest BCUT2D eigenvalue weighted by atomic mass is 32.1. The molecule has 23 heavy (non-hydrogen) atoms. The fourth-order valence-corrected chi connectivity index (χ4v) is 3.48. The maximum absolute atomic E-state index is 12.7. The van der Waals surface area contributed by atoms with Gasteiger partial charge in [-0.1, -0.05) is 11.2 Å². The minimum Gasteiger partial charge on any atom is -0.335 e. The maximum Gasteiger partial charge on any atom is 0.259 e. The van der Waals surface area contributed by atoms with Crippen LogP contribution in [0.15, 0.2) is 39.7 Å². The van der Waals surface area contributed by atoms with E-state index in [9.17, 15) is 4.79 Å². The number of thiophene rings is 1. The third-order valence-corrected chi connectivity index (χ3v) is 4.87. The number of nitrogens with zero attached hydrogens (tertiary/aromatic N) is 3. The van der Waals surface area contributed by atoms with Gasteiger partial charge >= 0.3 is 0 Å². The summed E-state index contributed by atoms with van der Waals surface area (Å²) in [5.74, 6) is -0.253. The van der Waals surface area contributed by atoms with Crippen LogP contribution in [0.2, 0.25) is 0 Å². The second-order valence-corrected chi connectivity index (χ2v) is 6.61. The molecule has 0 aliphatic carbocycles. The fourth-order valence-electron chi connectivity index (χ4n) is 2.27. The van der Waals surface area contributed by atoms with E-state index in [0.29, 0.717) is 33.2 Å². The van der Waals surface area contributed by atoms with Gasteiger partial charge in [0.15, 0.2) is 5.13 Å². The molecular weight excluding hydrogens is 332 g/mol. The predicted molar refractivity (Wildman–Crippen MR) is 89.9 cm³/mol. The molecule has 0 unspecified atom stereocenters. The summed E-state index contributed by atoms with van der Waals surface area (Å²) in [5.41, 5.74) is 2.16. The van der Waals surface area contributed by atoms with Crippen LogP contribution in [0, 0.1) is 6.92 Å². The number of fused-ring (bicyclic) bond motifs is 1. The van der Waals surface area contributed by atoms with Gasteiger partial charge in [-0.2, -0.15) is 0 Å². The first-order valence-electron chi connectivity index (χ1n) is 6.74. The molecule has 1 N–H and O–H groups in total. The Morgan fingerprint density at radius 2 is 2.22 bits per heavy atom. The first-order chi connectivity index (χ1) is 11.2. The van der Waals surface area contributed by atoms with Gasteiger partial charge < -0.3 is 4.52 Å². The molecule has 0 spiro atoms. The molecule has 0 atom stereocenters. The Labute approximate surface area is 138 Å². The Kier molecular flexibility index (Phi) is 3.40. The van der Waals surface area contributed by atoms with Gasteiger partial charge in [-0.15, -0.1) is 22.7 Å². The van der Waals surface area contributed by atoms with E-state index in [2.05, 4.69) is 20.4 Å². The molecule has 8 heteroatoms. The Bertz CT molecular complexity index is 975. The number of pyridine rings is 1. The number of carbonyl (C=O) groups excluding carboxylic acids is 1. The number of rotatable bonds is 3. The lowest BCUT2D eigenvalue weighted by Gasteiger charge is -2.05. The van der Waals surface area contributed by atoms with Crippen LogP contribution in [0.3, 0.4) is 0 Å². The van der Waals surface area contributed by atoms with Crippen molar-refractivity contribution in [1.82, 2.24) is 15.1 Å². The molecule has 4 rings (SSSR count). The molecule has 0 saturated heterocycles. The normalized spacial score (nSPS) is 11.0. The van der Waals surface area contributed by atoms with Crippen molar-refractivity contribution >= 4 is 44.8 Å². The van der Waals surface area contributed by atoms with E-state index in [1.807, 2.05) is 17.5 Å². The molecule has 4 aromatic heterocycles. The second kappa shape index (κ2) is 5.56. The average molecular weight is 342 g/mol. The van der Waals surface area contributed by atoms with E-state index in [-0.39, 0.29) is 5.91 Å². The SMILES string of the molecule is Cc1noc2nc(-c3cccs3)cc(C(=O)Nc3nccs3)c12. The van der Waals surface area contributed by atoms with Crippen molar-refractivity contribution in [1.29, 1.82) is 0 Å². The van der Waals surface area contributed by atoms with E-state index in [1.54, 1.807) is 35.9 Å². The van der Waals surface area contributed by atoms with E-state index in [0.717, 1.165) is 4.88 Å². The fraction of sp³-hybridized carbons (Fsp3) is 0.0667. The van der Waals surface area contributed by atoms with Crippen LogP contribution in [0.5, 0.6) is 0 Å². The number of aromatic nitrogens is 3. The van der Waals surface area contributed by atoms with E-state index in [1.165, 1.54) is 11.3 Å². The quantitative estimate of drug-likeness (QED) is 0.609. The molecule has 4 aromatic rings. The van der Waals surface area contributed by atoms with Gasteiger partial charge in [0, 0.05) is 11.6 Å². The van der Waals surface area contributed by atoms with Crippen molar-refractivity contribution in [3.05, 3.63) is 46.4 Å². The van der Waals surface area contributed by atoms with Gasteiger partial charge in [-0.25, -0.2) is 9.97 Å². The Hall–Kier alpha value is -2.58. The van der Waals surface area contributed by atoms with Gasteiger partial charge in [-0.05, 0) is 24.4 Å². The molecule has 114 valence electrons. The summed E-state index contributed by atoms with van der Waals surface area (Å²) in [4.78, 5) is 22.2. The van der Waals surface area contributed by atoms with Crippen molar-refractivity contribution < 1.29 is 9.32 Å². The predicted octanol–water partition coefficient (Wildman–Crippen LogP) is 3.97. The molecular formula is C15H10N4O2S2. The van der Waals surface area contributed by atoms with Crippen molar-refractivity contribution in [2.24, 2.45) is 0 Å². The van der Waals surface area contributed by atoms with Crippen LogP contribution in [0.25, 0.3) is 21.7 Å². The molecule has 0 aromatic carbocycles. The van der Waals surface area contributed by atoms with Crippen LogP contribution < -0.4 is 5.32 Å². The molecule has 0 radical (unpaired) electrons. The number of nitrogens with one attached hydrogen (secondary N) is 1. The van der Waals surface area contributed by atoms with Crippen molar-refractivity contribution in [3.63, 3.8) is 0 Å². The molecule has 0 aliphatic rings. The monoisotopic (exact) mass is 342 g/mol. The van der Waals surface area contributed by atoms with Crippen LogP contribution in [-0.4, -0.2) is 21.0 Å². The molecule has 0 bridgehead atoms. The molecule has 0 saturated carbocycles. The molecule has 6 nitrogen and oxygen atoms in total. The summed E-state index contributed by atoms with van der Waals surface area (Å²) < 4.78 is 5.26. The van der Waals surface area contributed by atoms with Crippen LogP contribution in [0.4, 0.5) is 5.13 Å². The zero-order valence-electron chi connectivity index (χ0n) is 11.9. The van der Waals surface area contributed by atoms with Gasteiger partial charge in [-0.3, -0.25) is 10.1 Å². The largest absolute Gasteiger partial charge is 0.335 e. The zero-order valence-corrected chi connectivity index (χ0v) is 13.6. The Balaban J connectivity index is 1.86. The first-order valence-corrected chi connectivity index (χ1v) is 8.50. The second-order valence-electron chi connectivity index (χ2n) is 4.77. The minimum atomic E-state index is -0.253. The number of anilines is 1. The summed E-state index contributed by atoms with van der Waals surface area (Å²) in [6.45, 7) is 1.79. The Morgan fingerprint density at radius 1 is 1.30 bits per heavy atom. The smallest absolute Gasteiger partial charge is 0.259 e. The summed E-state index contributed by atoms with van der Waals surface area (Å²) in [7, 11) is 0. The lowest BCUT2D eigenvalue weighted by Crippen LogP contribution is -2.12. The number of carbonyl (C=O) groups is 1. The first kappa shape index (κ1) is 14.0. The van der Waals surface area contributed by atoms with Gasteiger partial charge in [0.1, 0.15) is 0 Å². The number of aryl methyl sites for hydroxylation is 1. The van der Waals surface area contributed by atoms with Crippen molar-refractivity contribution in [2.75, 3.05) is 5.32 Å². The lowest BCUT2D eigenvalue weighted by molar-refractivity contribution is 0.102. The third-order valence-electron chi connectivity index (χ3n) is 3.29. The third kappa shape index (κ3) is 2.51. The lowest BCUT2D eigenvalue weighted by atomic mass is 10.1. The molecule has 0 fully saturated rings. The summed E-state index contributed by atoms with van der Waals surface area (Å²) >= 11 is 2.91. The highest BCUT2D eigenvalue weighted by Crippen LogP contribution is 2.29. The van der Waals surface area contributed by atoms with Crippen LogP contribution in [0.1, 0.15) is 16.1 Å². The Morgan fingerprint density at radius 3 is 2.96 bits per heavy atom. The average Bonchev–Trinajstić information content (AvgIpc) is 3.28. The van der Waals surface area contributed by atoms with Crippen molar-refractivity contribution in [3.8, 4) is 10.6 Å². The van der Waals surface area contributed by atoms with Gasteiger partial charge in [0.25, 0.3) is 11.6 Å². The number of hydrogen-bond acceptors (Lipinski definition) is 7. The summed E-state index contributed by atoms with van der Waals surface area (Å²) in [6, 6.07) is 5.65. The van der Waals surface area contributed by atoms with Crippen molar-refractivity contribution in [2.45, 2.75) is 6.92 Å². The van der Waals surface area contributed by atoms with E-state index in [4.69, 9.17) is 4.52 Å². The van der Waals surface area contributed by atoms with E-state index < -0.39 is 0 Å². The molecule has 4 heterocycles. The number of hydrogen-bond donors (Lipinski definition) is 1. The topological polar surface area (TPSA) is 80.9 Å². The minimum absolute atomic E-state index is 0.253. The van der Waals surface area contributed by atoms with E-state index >= 15 is 0 Å². The van der Waals surface area contributed by atoms with Crippen LogP contribution in [-0.2, 0) is 0 Å². The number of thiazole rings is 1.